The molecule has 2 saturated heterocycles. The summed E-state index contributed by atoms with van der Waals surface area (Å²) in [7, 11) is 1.80. The number of piperidine rings is 1. The molecule has 1 aliphatic carbocycles. The van der Waals surface area contributed by atoms with Crippen LogP contribution in [0.15, 0.2) is 46.2 Å². The molecule has 1 aromatic carbocycles. The predicted molar refractivity (Wildman–Crippen MR) is 123 cm³/mol. The Labute approximate surface area is 184 Å². The second-order valence-electron chi connectivity index (χ2n) is 9.57. The van der Waals surface area contributed by atoms with Crippen molar-refractivity contribution in [3.8, 4) is 0 Å². The third-order valence-electron chi connectivity index (χ3n) is 7.16. The first-order chi connectivity index (χ1) is 14.9. The van der Waals surface area contributed by atoms with Crippen molar-refractivity contribution in [2.45, 2.75) is 58.2 Å². The molecule has 4 rings (SSSR count). The van der Waals surface area contributed by atoms with Gasteiger partial charge >= 0.3 is 0 Å². The molecule has 2 aliphatic heterocycles. The van der Waals surface area contributed by atoms with Gasteiger partial charge in [0.25, 0.3) is 0 Å². The largest absolute Gasteiger partial charge is 0.359 e. The lowest BCUT2D eigenvalue weighted by molar-refractivity contribution is -0.0175. The summed E-state index contributed by atoms with van der Waals surface area (Å²) in [6.07, 6.45) is 3.88. The first kappa shape index (κ1) is 22.1. The van der Waals surface area contributed by atoms with Crippen LogP contribution in [0, 0.1) is 12.3 Å². The number of hydrogen-bond acceptors (Lipinski definition) is 2. The molecule has 3 aliphatic rings. The number of rotatable bonds is 3. The van der Waals surface area contributed by atoms with Gasteiger partial charge in [-0.3, -0.25) is 9.89 Å². The van der Waals surface area contributed by atoms with Crippen LogP contribution in [0.4, 0.5) is 8.78 Å². The number of aliphatic imine (C=N–C) groups is 2. The molecule has 2 fully saturated rings. The molecule has 0 amide bonds. The lowest BCUT2D eigenvalue weighted by Crippen LogP contribution is -2.62. The van der Waals surface area contributed by atoms with Gasteiger partial charge in [0.05, 0.1) is 0 Å². The molecular weight excluding hydrogens is 394 g/mol. The van der Waals surface area contributed by atoms with E-state index in [2.05, 4.69) is 52.9 Å². The highest BCUT2D eigenvalue weighted by atomic mass is 19.1. The van der Waals surface area contributed by atoms with E-state index in [-0.39, 0.29) is 18.3 Å². The quantitative estimate of drug-likeness (QED) is 0.515. The van der Waals surface area contributed by atoms with Crippen LogP contribution in [0.25, 0.3) is 0 Å². The molecule has 2 atom stereocenters. The number of aryl methyl sites for hydroxylation is 1. The fourth-order valence-electron chi connectivity index (χ4n) is 5.11. The molecule has 0 bridgehead atoms. The van der Waals surface area contributed by atoms with Crippen molar-refractivity contribution in [1.82, 2.24) is 9.80 Å². The Morgan fingerprint density at radius 3 is 2.45 bits per heavy atom. The number of halogens is 2. The topological polar surface area (TPSA) is 31.2 Å². The summed E-state index contributed by atoms with van der Waals surface area (Å²) < 4.78 is 27.4. The zero-order valence-corrected chi connectivity index (χ0v) is 19.0. The average molecular weight is 429 g/mol. The Morgan fingerprint density at radius 1 is 1.16 bits per heavy atom. The highest BCUT2D eigenvalue weighted by Crippen LogP contribution is 2.41. The summed E-state index contributed by atoms with van der Waals surface area (Å²) >= 11 is 0. The van der Waals surface area contributed by atoms with Crippen LogP contribution >= 0.6 is 0 Å². The smallest absolute Gasteiger partial charge is 0.129 e. The zero-order valence-electron chi connectivity index (χ0n) is 19.0. The van der Waals surface area contributed by atoms with Crippen LogP contribution < -0.4 is 0 Å². The first-order valence-corrected chi connectivity index (χ1v) is 11.4. The standard InChI is InChI=1S/C25H34F2N4/c1-18-4-6-20(7-5-18)12-24(28-3)29-19(2)31-16-25(17-31)8-10-30(11-9-25)23-14-21(26)13-22(27)15-23/h4-7,14,22-23H,8-13,15-17H2,1-3H3. The van der Waals surface area contributed by atoms with Gasteiger partial charge in [0, 0.05) is 44.4 Å². The Balaban J connectivity index is 1.29. The second-order valence-corrected chi connectivity index (χ2v) is 9.57. The van der Waals surface area contributed by atoms with Gasteiger partial charge in [-0.05, 0) is 57.8 Å². The molecule has 0 saturated carbocycles. The van der Waals surface area contributed by atoms with Gasteiger partial charge in [0.1, 0.15) is 23.7 Å². The molecule has 31 heavy (non-hydrogen) atoms. The molecule has 2 heterocycles. The number of benzene rings is 1. The van der Waals surface area contributed by atoms with Gasteiger partial charge in [-0.2, -0.15) is 0 Å². The van der Waals surface area contributed by atoms with Gasteiger partial charge < -0.3 is 4.90 Å². The van der Waals surface area contributed by atoms with Gasteiger partial charge in [0.2, 0.25) is 0 Å². The number of amidine groups is 2. The van der Waals surface area contributed by atoms with Crippen LogP contribution in [-0.4, -0.2) is 66.9 Å². The number of nitrogens with zero attached hydrogens (tertiary/aromatic N) is 4. The third-order valence-corrected chi connectivity index (χ3v) is 7.16. The van der Waals surface area contributed by atoms with Crippen molar-refractivity contribution < 1.29 is 8.78 Å². The van der Waals surface area contributed by atoms with Crippen molar-refractivity contribution >= 4 is 11.7 Å². The van der Waals surface area contributed by atoms with Crippen molar-refractivity contribution in [3.05, 3.63) is 47.3 Å². The molecule has 6 heteroatoms. The van der Waals surface area contributed by atoms with E-state index < -0.39 is 6.17 Å². The minimum Gasteiger partial charge on any atom is -0.359 e. The highest BCUT2D eigenvalue weighted by molar-refractivity contribution is 5.97. The van der Waals surface area contributed by atoms with E-state index in [9.17, 15) is 8.78 Å². The van der Waals surface area contributed by atoms with Gasteiger partial charge in [-0.15, -0.1) is 0 Å². The highest BCUT2D eigenvalue weighted by Gasteiger charge is 2.46. The third kappa shape index (κ3) is 5.22. The molecule has 1 aromatic rings. The van der Waals surface area contributed by atoms with Crippen LogP contribution in [0.2, 0.25) is 0 Å². The fraction of sp³-hybridized carbons (Fsp3) is 0.600. The maximum atomic E-state index is 13.8. The number of alkyl halides is 1. The lowest BCUT2D eigenvalue weighted by Gasteiger charge is -2.55. The van der Waals surface area contributed by atoms with E-state index in [1.165, 1.54) is 11.1 Å². The Morgan fingerprint density at radius 2 is 1.84 bits per heavy atom. The SMILES string of the molecule is CN=C(Cc1ccc(C)cc1)N=C(C)N1CC2(CCN(C3C=C(F)CC(F)C3)CC2)C1. The van der Waals surface area contributed by atoms with Gasteiger partial charge in [-0.1, -0.05) is 29.8 Å². The summed E-state index contributed by atoms with van der Waals surface area (Å²) in [5.41, 5.74) is 2.79. The summed E-state index contributed by atoms with van der Waals surface area (Å²) in [5.74, 6) is 1.59. The fourth-order valence-corrected chi connectivity index (χ4v) is 5.11. The van der Waals surface area contributed by atoms with E-state index in [0.29, 0.717) is 11.8 Å². The van der Waals surface area contributed by atoms with Crippen LogP contribution in [0.3, 0.4) is 0 Å². The van der Waals surface area contributed by atoms with Crippen LogP contribution in [0.1, 0.15) is 43.7 Å². The molecule has 0 radical (unpaired) electrons. The summed E-state index contributed by atoms with van der Waals surface area (Å²) in [4.78, 5) is 13.8. The Kier molecular flexibility index (Phi) is 6.56. The van der Waals surface area contributed by atoms with Crippen LogP contribution in [0.5, 0.6) is 0 Å². The minimum atomic E-state index is -1.04. The average Bonchev–Trinajstić information content (AvgIpc) is 2.72. The van der Waals surface area contributed by atoms with E-state index in [1.54, 1.807) is 13.1 Å². The predicted octanol–water partition coefficient (Wildman–Crippen LogP) is 4.74. The number of allylic oxidation sites excluding steroid dienone is 1. The van der Waals surface area contributed by atoms with Crippen molar-refractivity contribution in [1.29, 1.82) is 0 Å². The van der Waals surface area contributed by atoms with E-state index in [1.807, 2.05) is 0 Å². The maximum absolute atomic E-state index is 13.8. The molecule has 168 valence electrons. The molecule has 2 unspecified atom stereocenters. The molecular formula is C25H34F2N4. The minimum absolute atomic E-state index is 0.0468. The summed E-state index contributed by atoms with van der Waals surface area (Å²) in [5, 5.41) is 0. The van der Waals surface area contributed by atoms with E-state index in [4.69, 9.17) is 4.99 Å². The van der Waals surface area contributed by atoms with Gasteiger partial charge in [0.15, 0.2) is 0 Å². The van der Waals surface area contributed by atoms with Gasteiger partial charge in [-0.25, -0.2) is 13.8 Å². The zero-order chi connectivity index (χ0) is 22.0. The van der Waals surface area contributed by atoms with Crippen molar-refractivity contribution in [2.24, 2.45) is 15.4 Å². The van der Waals surface area contributed by atoms with Crippen molar-refractivity contribution in [3.63, 3.8) is 0 Å². The Bertz CT molecular complexity index is 858. The number of likely N-dealkylation sites (tertiary alicyclic amines) is 2. The molecule has 4 nitrogen and oxygen atoms in total. The summed E-state index contributed by atoms with van der Waals surface area (Å²) in [6.45, 7) is 8.02. The number of hydrogen-bond donors (Lipinski definition) is 0. The van der Waals surface area contributed by atoms with E-state index >= 15 is 0 Å². The molecule has 0 aromatic heterocycles. The normalized spacial score (nSPS) is 27.3. The lowest BCUT2D eigenvalue weighted by atomic mass is 9.71. The first-order valence-electron chi connectivity index (χ1n) is 11.4. The van der Waals surface area contributed by atoms with E-state index in [0.717, 1.165) is 57.1 Å². The van der Waals surface area contributed by atoms with Crippen LogP contribution in [-0.2, 0) is 6.42 Å². The molecule has 0 N–H and O–H groups in total. The second kappa shape index (κ2) is 9.19. The summed E-state index contributed by atoms with van der Waals surface area (Å²) in [6, 6.07) is 8.43. The van der Waals surface area contributed by atoms with Crippen molar-refractivity contribution in [2.75, 3.05) is 33.2 Å². The monoisotopic (exact) mass is 428 g/mol. The molecule has 1 spiro atoms. The maximum Gasteiger partial charge on any atom is 0.129 e. The Hall–Kier alpha value is -2.08.